The van der Waals surface area contributed by atoms with Crippen LogP contribution in [0.4, 0.5) is 5.69 Å². The van der Waals surface area contributed by atoms with E-state index in [1.54, 1.807) is 18.0 Å². The van der Waals surface area contributed by atoms with Gasteiger partial charge in [0.1, 0.15) is 0 Å². The van der Waals surface area contributed by atoms with Crippen molar-refractivity contribution < 1.29 is 4.79 Å². The van der Waals surface area contributed by atoms with Crippen molar-refractivity contribution >= 4 is 44.8 Å². The van der Waals surface area contributed by atoms with Gasteiger partial charge in [0.15, 0.2) is 0 Å². The largest absolute Gasteiger partial charge is 0.321 e. The van der Waals surface area contributed by atoms with Crippen molar-refractivity contribution in [3.63, 3.8) is 0 Å². The lowest BCUT2D eigenvalue weighted by molar-refractivity contribution is 0.103. The zero-order valence-corrected chi connectivity index (χ0v) is 15.5. The maximum atomic E-state index is 12.5. The molecule has 4 aromatic rings. The molecule has 0 saturated carbocycles. The summed E-state index contributed by atoms with van der Waals surface area (Å²) in [4.78, 5) is 18.5. The number of nitrogens with zero attached hydrogens (tertiary/aromatic N) is 1. The number of carbonyl (C=O) groups is 1. The van der Waals surface area contributed by atoms with E-state index < -0.39 is 0 Å². The Kier molecular flexibility index (Phi) is 5.00. The molecule has 128 valence electrons. The first-order valence-corrected chi connectivity index (χ1v) is 10.00. The summed E-state index contributed by atoms with van der Waals surface area (Å²) in [6.45, 7) is 0. The number of amides is 1. The first-order valence-electron chi connectivity index (χ1n) is 8.20. The van der Waals surface area contributed by atoms with Crippen molar-refractivity contribution in [2.45, 2.75) is 10.6 Å². The van der Waals surface area contributed by atoms with Gasteiger partial charge in [-0.2, -0.15) is 0 Å². The van der Waals surface area contributed by atoms with E-state index in [0.717, 1.165) is 31.3 Å². The van der Waals surface area contributed by atoms with E-state index in [1.807, 2.05) is 66.9 Å². The highest BCUT2D eigenvalue weighted by Gasteiger charge is 2.10. The molecule has 0 radical (unpaired) electrons. The number of pyridine rings is 1. The predicted octanol–water partition coefficient (Wildman–Crippen LogP) is 5.84. The number of benzene rings is 2. The molecule has 0 saturated heterocycles. The normalized spacial score (nSPS) is 10.8. The van der Waals surface area contributed by atoms with E-state index in [0.29, 0.717) is 0 Å². The SMILES string of the molecule is O=C(Nc1ccc(SCc2cccnc2)cc1)c1cc2ccccc2s1. The minimum atomic E-state index is -0.0676. The van der Waals surface area contributed by atoms with Gasteiger partial charge in [-0.15, -0.1) is 23.1 Å². The van der Waals surface area contributed by atoms with Crippen LogP contribution in [-0.2, 0) is 5.75 Å². The summed E-state index contributed by atoms with van der Waals surface area (Å²) in [6, 6.07) is 21.9. The van der Waals surface area contributed by atoms with Crippen molar-refractivity contribution in [1.29, 1.82) is 0 Å². The Morgan fingerprint density at radius 1 is 1.04 bits per heavy atom. The summed E-state index contributed by atoms with van der Waals surface area (Å²) in [5.41, 5.74) is 2.00. The molecule has 1 amide bonds. The monoisotopic (exact) mass is 376 g/mol. The maximum Gasteiger partial charge on any atom is 0.265 e. The standard InChI is InChI=1S/C21H16N2OS2/c24-21(20-12-16-5-1-2-6-19(16)26-20)23-17-7-9-18(10-8-17)25-14-15-4-3-11-22-13-15/h1-13H,14H2,(H,23,24). The molecular weight excluding hydrogens is 360 g/mol. The Balaban J connectivity index is 1.39. The first kappa shape index (κ1) is 16.8. The highest BCUT2D eigenvalue weighted by atomic mass is 32.2. The third-order valence-corrected chi connectivity index (χ3v) is 6.09. The van der Waals surface area contributed by atoms with Crippen LogP contribution in [0.3, 0.4) is 0 Å². The fraction of sp³-hybridized carbons (Fsp3) is 0.0476. The topological polar surface area (TPSA) is 42.0 Å². The van der Waals surface area contributed by atoms with E-state index in [-0.39, 0.29) is 5.91 Å². The molecule has 4 rings (SSSR count). The van der Waals surface area contributed by atoms with Crippen LogP contribution in [0, 0.1) is 0 Å². The summed E-state index contributed by atoms with van der Waals surface area (Å²) in [7, 11) is 0. The van der Waals surface area contributed by atoms with E-state index in [4.69, 9.17) is 0 Å². The molecule has 0 aliphatic carbocycles. The summed E-state index contributed by atoms with van der Waals surface area (Å²) in [6.07, 6.45) is 3.66. The average Bonchev–Trinajstić information content (AvgIpc) is 3.13. The van der Waals surface area contributed by atoms with Crippen molar-refractivity contribution in [2.24, 2.45) is 0 Å². The third-order valence-electron chi connectivity index (χ3n) is 3.89. The van der Waals surface area contributed by atoms with E-state index in [2.05, 4.69) is 16.4 Å². The smallest absolute Gasteiger partial charge is 0.265 e. The van der Waals surface area contributed by atoms with Crippen LogP contribution in [0.25, 0.3) is 10.1 Å². The molecule has 0 spiro atoms. The number of thioether (sulfide) groups is 1. The van der Waals surface area contributed by atoms with E-state index in [1.165, 1.54) is 16.9 Å². The van der Waals surface area contributed by atoms with Gasteiger partial charge in [0.05, 0.1) is 4.88 Å². The van der Waals surface area contributed by atoms with Gasteiger partial charge in [0.2, 0.25) is 0 Å². The van der Waals surface area contributed by atoms with Crippen molar-refractivity contribution in [1.82, 2.24) is 4.98 Å². The van der Waals surface area contributed by atoms with Crippen LogP contribution in [0.15, 0.2) is 84.0 Å². The van der Waals surface area contributed by atoms with Crippen LogP contribution >= 0.6 is 23.1 Å². The number of hydrogen-bond donors (Lipinski definition) is 1. The minimum Gasteiger partial charge on any atom is -0.321 e. The molecule has 0 aliphatic rings. The fourth-order valence-corrected chi connectivity index (χ4v) is 4.36. The average molecular weight is 377 g/mol. The Hall–Kier alpha value is -2.63. The molecule has 26 heavy (non-hydrogen) atoms. The highest BCUT2D eigenvalue weighted by Crippen LogP contribution is 2.27. The van der Waals surface area contributed by atoms with Gasteiger partial charge in [-0.05, 0) is 53.4 Å². The van der Waals surface area contributed by atoms with E-state index >= 15 is 0 Å². The molecule has 0 fully saturated rings. The molecule has 0 bridgehead atoms. The molecule has 2 aromatic carbocycles. The lowest BCUT2D eigenvalue weighted by atomic mass is 10.2. The molecule has 0 aliphatic heterocycles. The zero-order valence-electron chi connectivity index (χ0n) is 13.9. The number of aromatic nitrogens is 1. The summed E-state index contributed by atoms with van der Waals surface area (Å²) in [5.74, 6) is 0.809. The van der Waals surface area contributed by atoms with Gasteiger partial charge in [0.25, 0.3) is 5.91 Å². The quantitative estimate of drug-likeness (QED) is 0.445. The lowest BCUT2D eigenvalue weighted by Crippen LogP contribution is -2.09. The van der Waals surface area contributed by atoms with Crippen LogP contribution in [0.5, 0.6) is 0 Å². The van der Waals surface area contributed by atoms with Gasteiger partial charge in [-0.3, -0.25) is 9.78 Å². The number of fused-ring (bicyclic) bond motifs is 1. The second kappa shape index (κ2) is 7.72. The van der Waals surface area contributed by atoms with Gasteiger partial charge in [-0.1, -0.05) is 24.3 Å². The maximum absolute atomic E-state index is 12.5. The Morgan fingerprint density at radius 2 is 1.88 bits per heavy atom. The summed E-state index contributed by atoms with van der Waals surface area (Å²) in [5, 5.41) is 4.07. The van der Waals surface area contributed by atoms with Crippen molar-refractivity contribution in [2.75, 3.05) is 5.32 Å². The molecule has 1 N–H and O–H groups in total. The minimum absolute atomic E-state index is 0.0676. The van der Waals surface area contributed by atoms with Gasteiger partial charge in [-0.25, -0.2) is 0 Å². The number of carbonyl (C=O) groups excluding carboxylic acids is 1. The molecule has 2 heterocycles. The molecule has 5 heteroatoms. The predicted molar refractivity (Wildman–Crippen MR) is 110 cm³/mol. The van der Waals surface area contributed by atoms with Crippen LogP contribution in [-0.4, -0.2) is 10.9 Å². The number of anilines is 1. The first-order chi connectivity index (χ1) is 12.8. The number of hydrogen-bond acceptors (Lipinski definition) is 4. The Labute approximate surface area is 160 Å². The van der Waals surface area contributed by atoms with E-state index in [9.17, 15) is 4.79 Å². The molecule has 2 aromatic heterocycles. The Bertz CT molecular complexity index is 994. The zero-order chi connectivity index (χ0) is 17.8. The Morgan fingerprint density at radius 3 is 2.65 bits per heavy atom. The van der Waals surface area contributed by atoms with Gasteiger partial charge in [0, 0.05) is 33.4 Å². The van der Waals surface area contributed by atoms with Crippen LogP contribution in [0.1, 0.15) is 15.2 Å². The van der Waals surface area contributed by atoms with Gasteiger partial charge < -0.3 is 5.32 Å². The second-order valence-corrected chi connectivity index (χ2v) is 7.91. The van der Waals surface area contributed by atoms with Gasteiger partial charge >= 0.3 is 0 Å². The molecule has 3 nitrogen and oxygen atoms in total. The molecular formula is C21H16N2OS2. The number of thiophene rings is 1. The number of nitrogens with one attached hydrogen (secondary N) is 1. The molecule has 0 atom stereocenters. The van der Waals surface area contributed by atoms with Crippen molar-refractivity contribution in [3.05, 3.63) is 89.6 Å². The van der Waals surface area contributed by atoms with Crippen LogP contribution in [0.2, 0.25) is 0 Å². The fourth-order valence-electron chi connectivity index (χ4n) is 2.57. The van der Waals surface area contributed by atoms with Crippen molar-refractivity contribution in [3.8, 4) is 0 Å². The summed E-state index contributed by atoms with van der Waals surface area (Å²) >= 11 is 3.26. The third kappa shape index (κ3) is 3.95. The second-order valence-electron chi connectivity index (χ2n) is 5.78. The number of rotatable bonds is 5. The van der Waals surface area contributed by atoms with Crippen LogP contribution < -0.4 is 5.32 Å². The summed E-state index contributed by atoms with van der Waals surface area (Å²) < 4.78 is 1.12. The lowest BCUT2D eigenvalue weighted by Gasteiger charge is -2.05. The highest BCUT2D eigenvalue weighted by molar-refractivity contribution is 7.98. The molecule has 0 unspecified atom stereocenters.